The molecule has 6 heteroatoms. The van der Waals surface area contributed by atoms with Gasteiger partial charge in [-0.25, -0.2) is 12.8 Å². The minimum absolute atomic E-state index is 0.107. The van der Waals surface area contributed by atoms with Crippen LogP contribution in [-0.2, 0) is 16.4 Å². The minimum atomic E-state index is -2.97. The average molecular weight is 305 g/mol. The Bertz CT molecular complexity index is 503. The normalized spacial score (nSPS) is 11.7. The van der Waals surface area contributed by atoms with Gasteiger partial charge in [-0.15, -0.1) is 11.8 Å². The van der Waals surface area contributed by atoms with Crippen molar-refractivity contribution in [3.63, 3.8) is 0 Å². The summed E-state index contributed by atoms with van der Waals surface area (Å²) in [5, 5.41) is 3.17. The van der Waals surface area contributed by atoms with Crippen molar-refractivity contribution in [1.29, 1.82) is 0 Å². The van der Waals surface area contributed by atoms with Gasteiger partial charge in [-0.3, -0.25) is 0 Å². The molecule has 0 amide bonds. The second-order valence-electron chi connectivity index (χ2n) is 4.37. The van der Waals surface area contributed by atoms with Crippen molar-refractivity contribution in [1.82, 2.24) is 5.32 Å². The van der Waals surface area contributed by atoms with Gasteiger partial charge in [0.25, 0.3) is 0 Å². The summed E-state index contributed by atoms with van der Waals surface area (Å²) in [5.74, 6) is 0.312. The summed E-state index contributed by atoms with van der Waals surface area (Å²) in [6, 6.07) is 4.92. The van der Waals surface area contributed by atoms with E-state index >= 15 is 0 Å². The quantitative estimate of drug-likeness (QED) is 0.592. The lowest BCUT2D eigenvalue weighted by molar-refractivity contribution is 0.579. The van der Waals surface area contributed by atoms with Crippen molar-refractivity contribution in [3.05, 3.63) is 29.6 Å². The van der Waals surface area contributed by atoms with Crippen LogP contribution in [0.5, 0.6) is 0 Å². The van der Waals surface area contributed by atoms with Crippen LogP contribution in [0.25, 0.3) is 0 Å². The van der Waals surface area contributed by atoms with Crippen LogP contribution >= 0.6 is 11.8 Å². The van der Waals surface area contributed by atoms with E-state index in [0.717, 1.165) is 17.9 Å². The van der Waals surface area contributed by atoms with E-state index in [1.807, 2.05) is 6.07 Å². The molecule has 108 valence electrons. The number of sulfone groups is 1. The van der Waals surface area contributed by atoms with Gasteiger partial charge in [0, 0.05) is 29.0 Å². The maximum atomic E-state index is 13.8. The maximum Gasteiger partial charge on any atom is 0.148 e. The standard InChI is InChI=1S/C13H20FNO2S2/c1-3-7-15-10-11-12(14)5-4-6-13(11)18-8-9-19(2,16)17/h4-6,15H,3,7-10H2,1-2H3. The number of hydrogen-bond acceptors (Lipinski definition) is 4. The van der Waals surface area contributed by atoms with Gasteiger partial charge in [0.2, 0.25) is 0 Å². The number of halogens is 1. The summed E-state index contributed by atoms with van der Waals surface area (Å²) in [6.07, 6.45) is 2.20. The molecule has 1 rings (SSSR count). The zero-order valence-electron chi connectivity index (χ0n) is 11.3. The van der Waals surface area contributed by atoms with Gasteiger partial charge < -0.3 is 5.32 Å². The SMILES string of the molecule is CCCNCc1c(F)cccc1SCCS(C)(=O)=O. The molecule has 1 N–H and O–H groups in total. The Morgan fingerprint density at radius 1 is 1.37 bits per heavy atom. The minimum Gasteiger partial charge on any atom is -0.313 e. The number of nitrogens with one attached hydrogen (secondary N) is 1. The van der Waals surface area contributed by atoms with Crippen LogP contribution in [0.2, 0.25) is 0 Å². The largest absolute Gasteiger partial charge is 0.313 e. The predicted octanol–water partition coefficient (Wildman–Crippen LogP) is 2.46. The first-order chi connectivity index (χ1) is 8.94. The molecule has 0 radical (unpaired) electrons. The Kier molecular flexibility index (Phi) is 6.82. The van der Waals surface area contributed by atoms with Crippen LogP contribution in [-0.4, -0.2) is 32.7 Å². The molecule has 1 aromatic carbocycles. The molecule has 0 fully saturated rings. The zero-order valence-corrected chi connectivity index (χ0v) is 12.9. The number of hydrogen-bond donors (Lipinski definition) is 1. The molecule has 0 aliphatic heterocycles. The van der Waals surface area contributed by atoms with Gasteiger partial charge in [-0.05, 0) is 25.1 Å². The van der Waals surface area contributed by atoms with Crippen LogP contribution < -0.4 is 5.32 Å². The van der Waals surface area contributed by atoms with Crippen molar-refractivity contribution in [2.24, 2.45) is 0 Å². The molecule has 1 aromatic rings. The lowest BCUT2D eigenvalue weighted by Gasteiger charge is -2.11. The van der Waals surface area contributed by atoms with E-state index < -0.39 is 9.84 Å². The molecule has 0 saturated heterocycles. The van der Waals surface area contributed by atoms with Crippen LogP contribution in [0.1, 0.15) is 18.9 Å². The van der Waals surface area contributed by atoms with Gasteiger partial charge in [-0.1, -0.05) is 13.0 Å². The Balaban J connectivity index is 2.68. The van der Waals surface area contributed by atoms with Crippen LogP contribution in [0.3, 0.4) is 0 Å². The zero-order chi connectivity index (χ0) is 14.3. The molecule has 0 saturated carbocycles. The second kappa shape index (κ2) is 7.87. The fourth-order valence-corrected chi connectivity index (χ4v) is 3.82. The van der Waals surface area contributed by atoms with Crippen molar-refractivity contribution in [3.8, 4) is 0 Å². The van der Waals surface area contributed by atoms with E-state index in [9.17, 15) is 12.8 Å². The maximum absolute atomic E-state index is 13.8. The number of benzene rings is 1. The van der Waals surface area contributed by atoms with E-state index in [-0.39, 0.29) is 11.6 Å². The molecule has 0 aliphatic carbocycles. The average Bonchev–Trinajstić information content (AvgIpc) is 2.31. The number of thioether (sulfide) groups is 1. The highest BCUT2D eigenvalue weighted by Gasteiger charge is 2.10. The summed E-state index contributed by atoms with van der Waals surface area (Å²) < 4.78 is 35.9. The lowest BCUT2D eigenvalue weighted by Crippen LogP contribution is -2.15. The summed E-state index contributed by atoms with van der Waals surface area (Å²) in [6.45, 7) is 3.36. The van der Waals surface area contributed by atoms with E-state index in [1.165, 1.54) is 24.1 Å². The van der Waals surface area contributed by atoms with Crippen molar-refractivity contribution >= 4 is 21.6 Å². The molecule has 0 atom stereocenters. The summed E-state index contributed by atoms with van der Waals surface area (Å²) in [5.41, 5.74) is 0.620. The molecule has 19 heavy (non-hydrogen) atoms. The Morgan fingerprint density at radius 3 is 2.74 bits per heavy atom. The molecule has 3 nitrogen and oxygen atoms in total. The van der Waals surface area contributed by atoms with Gasteiger partial charge >= 0.3 is 0 Å². The highest BCUT2D eigenvalue weighted by molar-refractivity contribution is 8.00. The number of rotatable bonds is 8. The summed E-state index contributed by atoms with van der Waals surface area (Å²) in [7, 11) is -2.97. The molecular weight excluding hydrogens is 285 g/mol. The van der Waals surface area contributed by atoms with Crippen LogP contribution in [0.4, 0.5) is 4.39 Å². The van der Waals surface area contributed by atoms with E-state index in [0.29, 0.717) is 17.9 Å². The molecule has 0 bridgehead atoms. The van der Waals surface area contributed by atoms with Gasteiger partial charge in [-0.2, -0.15) is 0 Å². The fraction of sp³-hybridized carbons (Fsp3) is 0.538. The third kappa shape index (κ3) is 6.40. The van der Waals surface area contributed by atoms with E-state index in [4.69, 9.17) is 0 Å². The summed E-state index contributed by atoms with van der Waals surface area (Å²) >= 11 is 1.39. The molecule has 0 heterocycles. The Morgan fingerprint density at radius 2 is 2.11 bits per heavy atom. The lowest BCUT2D eigenvalue weighted by atomic mass is 10.2. The van der Waals surface area contributed by atoms with Crippen molar-refractivity contribution < 1.29 is 12.8 Å². The van der Waals surface area contributed by atoms with Crippen molar-refractivity contribution in [2.75, 3.05) is 24.3 Å². The third-order valence-corrected chi connectivity index (χ3v) is 4.82. The first-order valence-corrected chi connectivity index (χ1v) is 9.27. The first kappa shape index (κ1) is 16.5. The molecule has 0 aromatic heterocycles. The van der Waals surface area contributed by atoms with Gasteiger partial charge in [0.05, 0.1) is 5.75 Å². The van der Waals surface area contributed by atoms with E-state index in [2.05, 4.69) is 12.2 Å². The smallest absolute Gasteiger partial charge is 0.148 e. The highest BCUT2D eigenvalue weighted by Crippen LogP contribution is 2.25. The highest BCUT2D eigenvalue weighted by atomic mass is 32.2. The third-order valence-electron chi connectivity index (χ3n) is 2.52. The molecule has 0 spiro atoms. The summed E-state index contributed by atoms with van der Waals surface area (Å²) in [4.78, 5) is 0.812. The first-order valence-electron chi connectivity index (χ1n) is 6.22. The monoisotopic (exact) mass is 305 g/mol. The van der Waals surface area contributed by atoms with Crippen LogP contribution in [0.15, 0.2) is 23.1 Å². The second-order valence-corrected chi connectivity index (χ2v) is 7.77. The molecule has 0 aliphatic rings. The molecule has 0 unspecified atom stereocenters. The topological polar surface area (TPSA) is 46.2 Å². The fourth-order valence-electron chi connectivity index (χ4n) is 1.54. The van der Waals surface area contributed by atoms with Crippen molar-refractivity contribution in [2.45, 2.75) is 24.8 Å². The Labute approximate surface area is 118 Å². The molecular formula is C13H20FNO2S2. The van der Waals surface area contributed by atoms with Gasteiger partial charge in [0.15, 0.2) is 0 Å². The van der Waals surface area contributed by atoms with E-state index in [1.54, 1.807) is 6.07 Å². The predicted molar refractivity (Wildman–Crippen MR) is 78.8 cm³/mol. The van der Waals surface area contributed by atoms with Gasteiger partial charge in [0.1, 0.15) is 15.7 Å². The van der Waals surface area contributed by atoms with Crippen LogP contribution in [0, 0.1) is 5.82 Å². The Hall–Kier alpha value is -0.590.